The van der Waals surface area contributed by atoms with E-state index in [0.29, 0.717) is 5.13 Å². The standard InChI is InChI=1S/C11H7BrF2N2O2S/c12-8-5-15-11(19-8)16-9(17)6-2-1-3-7(4-6)18-10(13)14/h1-5,10H,(H,15,16,17). The van der Waals surface area contributed by atoms with Crippen LogP contribution >= 0.6 is 27.3 Å². The van der Waals surface area contributed by atoms with E-state index in [-0.39, 0.29) is 11.3 Å². The van der Waals surface area contributed by atoms with Crippen LogP contribution in [0.25, 0.3) is 0 Å². The van der Waals surface area contributed by atoms with Crippen LogP contribution in [0.4, 0.5) is 13.9 Å². The minimum absolute atomic E-state index is 0.0667. The van der Waals surface area contributed by atoms with Gasteiger partial charge in [0.2, 0.25) is 0 Å². The number of carbonyl (C=O) groups is 1. The number of alkyl halides is 2. The second-order valence-electron chi connectivity index (χ2n) is 3.33. The van der Waals surface area contributed by atoms with Gasteiger partial charge in [-0.3, -0.25) is 10.1 Å². The third-order valence-electron chi connectivity index (χ3n) is 2.02. The quantitative estimate of drug-likeness (QED) is 0.915. The summed E-state index contributed by atoms with van der Waals surface area (Å²) in [7, 11) is 0. The fraction of sp³-hybridized carbons (Fsp3) is 0.0909. The summed E-state index contributed by atoms with van der Waals surface area (Å²) in [6.45, 7) is -2.92. The van der Waals surface area contributed by atoms with Gasteiger partial charge in [-0.15, -0.1) is 0 Å². The van der Waals surface area contributed by atoms with Gasteiger partial charge in [0.15, 0.2) is 5.13 Å². The Kier molecular flexibility index (Phi) is 4.43. The Labute approximate surface area is 119 Å². The summed E-state index contributed by atoms with van der Waals surface area (Å²) in [4.78, 5) is 15.8. The van der Waals surface area contributed by atoms with Crippen LogP contribution in [0.2, 0.25) is 0 Å². The highest BCUT2D eigenvalue weighted by atomic mass is 79.9. The first-order valence-electron chi connectivity index (χ1n) is 5.02. The van der Waals surface area contributed by atoms with E-state index in [9.17, 15) is 13.6 Å². The number of carbonyl (C=O) groups excluding carboxylic acids is 1. The van der Waals surface area contributed by atoms with E-state index in [1.807, 2.05) is 0 Å². The largest absolute Gasteiger partial charge is 0.435 e. The molecule has 1 aromatic carbocycles. The van der Waals surface area contributed by atoms with Crippen molar-refractivity contribution >= 4 is 38.3 Å². The van der Waals surface area contributed by atoms with Gasteiger partial charge in [0.05, 0.1) is 9.98 Å². The fourth-order valence-electron chi connectivity index (χ4n) is 1.30. The lowest BCUT2D eigenvalue weighted by Crippen LogP contribution is -2.12. The summed E-state index contributed by atoms with van der Waals surface area (Å²) in [5.74, 6) is -0.510. The fourth-order valence-corrected chi connectivity index (χ4v) is 2.40. The molecule has 0 bridgehead atoms. The topological polar surface area (TPSA) is 51.2 Å². The van der Waals surface area contributed by atoms with E-state index in [2.05, 4.69) is 31.0 Å². The lowest BCUT2D eigenvalue weighted by atomic mass is 10.2. The summed E-state index contributed by atoms with van der Waals surface area (Å²) < 4.78 is 29.1. The highest BCUT2D eigenvalue weighted by molar-refractivity contribution is 9.11. The highest BCUT2D eigenvalue weighted by Crippen LogP contribution is 2.24. The van der Waals surface area contributed by atoms with Crippen molar-refractivity contribution in [3.63, 3.8) is 0 Å². The van der Waals surface area contributed by atoms with Gasteiger partial charge in [-0.05, 0) is 34.1 Å². The minimum atomic E-state index is -2.92. The molecule has 4 nitrogen and oxygen atoms in total. The molecule has 0 aliphatic rings. The number of aromatic nitrogens is 1. The van der Waals surface area contributed by atoms with Crippen molar-refractivity contribution in [1.29, 1.82) is 0 Å². The molecular weight excluding hydrogens is 342 g/mol. The molecule has 1 amide bonds. The lowest BCUT2D eigenvalue weighted by molar-refractivity contribution is -0.0498. The molecule has 0 saturated carbocycles. The van der Waals surface area contributed by atoms with E-state index in [0.717, 1.165) is 3.79 Å². The van der Waals surface area contributed by atoms with Crippen molar-refractivity contribution in [2.24, 2.45) is 0 Å². The van der Waals surface area contributed by atoms with Crippen LogP contribution in [0.1, 0.15) is 10.4 Å². The van der Waals surface area contributed by atoms with Crippen LogP contribution in [-0.2, 0) is 0 Å². The van der Waals surface area contributed by atoms with Gasteiger partial charge in [-0.1, -0.05) is 17.4 Å². The molecule has 1 heterocycles. The molecule has 1 N–H and O–H groups in total. The van der Waals surface area contributed by atoms with Crippen molar-refractivity contribution < 1.29 is 18.3 Å². The van der Waals surface area contributed by atoms with Gasteiger partial charge < -0.3 is 4.74 Å². The molecule has 0 radical (unpaired) electrons. The van der Waals surface area contributed by atoms with E-state index in [1.165, 1.54) is 35.6 Å². The van der Waals surface area contributed by atoms with Gasteiger partial charge in [-0.2, -0.15) is 8.78 Å². The van der Waals surface area contributed by atoms with E-state index < -0.39 is 12.5 Å². The maximum atomic E-state index is 12.1. The van der Waals surface area contributed by atoms with Crippen LogP contribution in [0.3, 0.4) is 0 Å². The van der Waals surface area contributed by atoms with Crippen LogP contribution in [-0.4, -0.2) is 17.5 Å². The highest BCUT2D eigenvalue weighted by Gasteiger charge is 2.11. The molecule has 0 unspecified atom stereocenters. The number of benzene rings is 1. The van der Waals surface area contributed by atoms with E-state index in [4.69, 9.17) is 0 Å². The predicted octanol–water partition coefficient (Wildman–Crippen LogP) is 3.76. The summed E-state index contributed by atoms with van der Waals surface area (Å²) in [6.07, 6.45) is 1.55. The van der Waals surface area contributed by atoms with Crippen molar-refractivity contribution in [2.45, 2.75) is 6.61 Å². The van der Waals surface area contributed by atoms with E-state index in [1.54, 1.807) is 6.20 Å². The lowest BCUT2D eigenvalue weighted by Gasteiger charge is -2.06. The molecule has 0 saturated heterocycles. The van der Waals surface area contributed by atoms with Gasteiger partial charge in [0.25, 0.3) is 5.91 Å². The normalized spacial score (nSPS) is 10.5. The second kappa shape index (κ2) is 6.07. The molecule has 0 atom stereocenters. The van der Waals surface area contributed by atoms with E-state index >= 15 is 0 Å². The van der Waals surface area contributed by atoms with Crippen molar-refractivity contribution in [1.82, 2.24) is 4.98 Å². The number of nitrogens with one attached hydrogen (secondary N) is 1. The number of hydrogen-bond acceptors (Lipinski definition) is 4. The first-order chi connectivity index (χ1) is 9.04. The second-order valence-corrected chi connectivity index (χ2v) is 5.74. The zero-order valence-electron chi connectivity index (χ0n) is 9.27. The van der Waals surface area contributed by atoms with Gasteiger partial charge in [0.1, 0.15) is 5.75 Å². The maximum Gasteiger partial charge on any atom is 0.387 e. The van der Waals surface area contributed by atoms with Crippen molar-refractivity contribution in [2.75, 3.05) is 5.32 Å². The summed E-state index contributed by atoms with van der Waals surface area (Å²) >= 11 is 4.47. The van der Waals surface area contributed by atoms with Crippen LogP contribution < -0.4 is 10.1 Å². The Morgan fingerprint density at radius 3 is 2.89 bits per heavy atom. The Bertz CT molecular complexity index is 592. The monoisotopic (exact) mass is 348 g/mol. The zero-order chi connectivity index (χ0) is 13.8. The summed E-state index contributed by atoms with van der Waals surface area (Å²) in [5, 5.41) is 2.97. The number of hydrogen-bond donors (Lipinski definition) is 1. The summed E-state index contributed by atoms with van der Waals surface area (Å²) in [6, 6.07) is 5.55. The van der Waals surface area contributed by atoms with Crippen LogP contribution in [0.15, 0.2) is 34.2 Å². The smallest absolute Gasteiger partial charge is 0.387 e. The van der Waals surface area contributed by atoms with Crippen molar-refractivity contribution in [3.05, 3.63) is 39.8 Å². The number of halogens is 3. The molecule has 2 aromatic rings. The molecule has 2 rings (SSSR count). The SMILES string of the molecule is O=C(Nc1ncc(Br)s1)c1cccc(OC(F)F)c1. The average Bonchev–Trinajstić information content (AvgIpc) is 2.74. The number of ether oxygens (including phenoxy) is 1. The maximum absolute atomic E-state index is 12.1. The van der Waals surface area contributed by atoms with Gasteiger partial charge in [-0.25, -0.2) is 4.98 Å². The Balaban J connectivity index is 2.10. The molecular formula is C11H7BrF2N2O2S. The number of amides is 1. The number of rotatable bonds is 4. The molecule has 0 spiro atoms. The first kappa shape index (κ1) is 13.9. The molecule has 0 fully saturated rings. The molecule has 19 heavy (non-hydrogen) atoms. The number of thiazole rings is 1. The molecule has 1 aromatic heterocycles. The Morgan fingerprint density at radius 2 is 2.26 bits per heavy atom. The first-order valence-corrected chi connectivity index (χ1v) is 6.63. The summed E-state index contributed by atoms with van der Waals surface area (Å²) in [5.41, 5.74) is 0.212. The van der Waals surface area contributed by atoms with Crippen molar-refractivity contribution in [3.8, 4) is 5.75 Å². The van der Waals surface area contributed by atoms with Crippen LogP contribution in [0.5, 0.6) is 5.75 Å². The Hall–Kier alpha value is -1.54. The zero-order valence-corrected chi connectivity index (χ0v) is 11.7. The van der Waals surface area contributed by atoms with Gasteiger partial charge >= 0.3 is 6.61 Å². The van der Waals surface area contributed by atoms with Crippen LogP contribution in [0, 0.1) is 0 Å². The number of nitrogens with zero attached hydrogens (tertiary/aromatic N) is 1. The predicted molar refractivity (Wildman–Crippen MR) is 70.8 cm³/mol. The molecule has 8 heteroatoms. The minimum Gasteiger partial charge on any atom is -0.435 e. The third-order valence-corrected chi connectivity index (χ3v) is 3.41. The Morgan fingerprint density at radius 1 is 1.47 bits per heavy atom. The van der Waals surface area contributed by atoms with Gasteiger partial charge in [0, 0.05) is 5.56 Å². The number of anilines is 1. The molecule has 0 aliphatic carbocycles. The molecule has 0 aliphatic heterocycles. The third kappa shape index (κ3) is 3.97. The average molecular weight is 349 g/mol. The molecule has 100 valence electrons.